The van der Waals surface area contributed by atoms with E-state index in [-0.39, 0.29) is 18.1 Å². The van der Waals surface area contributed by atoms with Crippen LogP contribution in [0.5, 0.6) is 0 Å². The SMILES string of the molecule is CC(C)C1=C[CH]([Zr]([Cl])([Cl])([CH]2C=C(C(C)C)C=C2C(C)(C)C)[SiH](C)C)C(C(C)(C)C)=C1. The fourth-order valence-corrected chi connectivity index (χ4v) is 33.6. The Hall–Kier alpha value is 0.640. The molecule has 0 saturated heterocycles. The van der Waals surface area contributed by atoms with Crippen molar-refractivity contribution in [3.63, 3.8) is 0 Å². The molecule has 2 aliphatic carbocycles. The summed E-state index contributed by atoms with van der Waals surface area (Å²) in [6, 6.07) is 0. The van der Waals surface area contributed by atoms with Crippen LogP contribution in [-0.2, 0) is 15.6 Å². The summed E-state index contributed by atoms with van der Waals surface area (Å²) in [5.74, 6) is -0.396. The van der Waals surface area contributed by atoms with Crippen molar-refractivity contribution in [3.8, 4) is 0 Å². The molecule has 0 fully saturated rings. The van der Waals surface area contributed by atoms with Gasteiger partial charge >= 0.3 is 197 Å². The summed E-state index contributed by atoms with van der Waals surface area (Å²) in [6.45, 7) is 28.0. The molecule has 0 nitrogen and oxygen atoms in total. The zero-order chi connectivity index (χ0) is 23.5. The van der Waals surface area contributed by atoms with Gasteiger partial charge in [-0.2, -0.15) is 0 Å². The Balaban J connectivity index is 2.82. The van der Waals surface area contributed by atoms with Crippen LogP contribution in [0.4, 0.5) is 0 Å². The van der Waals surface area contributed by atoms with Gasteiger partial charge in [-0.1, -0.05) is 0 Å². The fraction of sp³-hybridized carbons (Fsp3) is 0.692. The first-order valence-electron chi connectivity index (χ1n) is 11.8. The van der Waals surface area contributed by atoms with Crippen molar-refractivity contribution in [3.05, 3.63) is 46.6 Å². The van der Waals surface area contributed by atoms with E-state index < -0.39 is 21.5 Å². The van der Waals surface area contributed by atoms with Gasteiger partial charge in [0.25, 0.3) is 0 Å². The van der Waals surface area contributed by atoms with Crippen LogP contribution in [0.25, 0.3) is 0 Å². The molecule has 0 amide bonds. The second-order valence-corrected chi connectivity index (χ2v) is 55.4. The van der Waals surface area contributed by atoms with Crippen LogP contribution >= 0.6 is 17.0 Å². The van der Waals surface area contributed by atoms with E-state index in [1.807, 2.05) is 0 Å². The maximum absolute atomic E-state index is 8.15. The molecule has 0 aliphatic heterocycles. The second kappa shape index (κ2) is 8.45. The summed E-state index contributed by atoms with van der Waals surface area (Å²) in [4.78, 5) is 0. The molecule has 4 heteroatoms. The predicted molar refractivity (Wildman–Crippen MR) is 139 cm³/mol. The van der Waals surface area contributed by atoms with Crippen LogP contribution in [0.2, 0.25) is 20.3 Å². The normalized spacial score (nSPS) is 24.8. The third-order valence-corrected chi connectivity index (χ3v) is 59.4. The molecular weight excluding hydrogens is 503 g/mol. The molecule has 0 heterocycles. The molecular formula is C26H45Cl2SiZr. The van der Waals surface area contributed by atoms with E-state index in [9.17, 15) is 0 Å². The minimum atomic E-state index is -4.38. The van der Waals surface area contributed by atoms with Crippen LogP contribution < -0.4 is 0 Å². The van der Waals surface area contributed by atoms with E-state index in [0.29, 0.717) is 11.8 Å². The average molecular weight is 548 g/mol. The van der Waals surface area contributed by atoms with Crippen LogP contribution in [0, 0.1) is 22.7 Å². The number of allylic oxidation sites excluding steroid dienone is 8. The standard InChI is InChI=1S/2C12H19.C2H7Si.2ClH.Zr/c2*1-9(2)10-6-7-11(8-10)12(3,4)5;1-3-2;;;/h2*6-9H,1-5H3;3H,1-2H3;2*1H;/q;;;;;+2/p-2. The molecule has 0 radical (unpaired) electrons. The topological polar surface area (TPSA) is 0 Å². The second-order valence-electron chi connectivity index (χ2n) is 12.7. The minimum absolute atomic E-state index is 0.0643. The molecule has 2 rings (SSSR count). The van der Waals surface area contributed by atoms with Crippen molar-refractivity contribution < 1.29 is 15.6 Å². The quantitative estimate of drug-likeness (QED) is 0.301. The van der Waals surface area contributed by atoms with Gasteiger partial charge in [0, 0.05) is 0 Å². The molecule has 171 valence electrons. The molecule has 30 heavy (non-hydrogen) atoms. The fourth-order valence-electron chi connectivity index (χ4n) is 5.11. The first-order chi connectivity index (χ1) is 13.3. The van der Waals surface area contributed by atoms with Gasteiger partial charge in [0.1, 0.15) is 0 Å². The molecule has 0 saturated carbocycles. The van der Waals surface area contributed by atoms with E-state index in [4.69, 9.17) is 17.0 Å². The molecule has 0 bridgehead atoms. The van der Waals surface area contributed by atoms with E-state index in [1.54, 1.807) is 0 Å². The Bertz CT molecular complexity index is 749. The monoisotopic (exact) mass is 545 g/mol. The zero-order valence-electron chi connectivity index (χ0n) is 21.5. The summed E-state index contributed by atoms with van der Waals surface area (Å²) in [5.41, 5.74) is 5.93. The number of rotatable bonds is 5. The summed E-state index contributed by atoms with van der Waals surface area (Å²) in [5, 5.41) is 0. The summed E-state index contributed by atoms with van der Waals surface area (Å²) < 4.78 is 0.467. The Morgan fingerprint density at radius 3 is 1.23 bits per heavy atom. The summed E-state index contributed by atoms with van der Waals surface area (Å²) in [7, 11) is 16.3. The van der Waals surface area contributed by atoms with Gasteiger partial charge in [0.05, 0.1) is 0 Å². The molecule has 2 unspecified atom stereocenters. The molecule has 0 aromatic heterocycles. The average Bonchev–Trinajstić information content (AvgIpc) is 3.20. The van der Waals surface area contributed by atoms with Gasteiger partial charge < -0.3 is 0 Å². The van der Waals surface area contributed by atoms with Gasteiger partial charge in [0.2, 0.25) is 0 Å². The third kappa shape index (κ3) is 4.64. The van der Waals surface area contributed by atoms with Crippen molar-refractivity contribution in [1.82, 2.24) is 0 Å². The molecule has 0 N–H and O–H groups in total. The van der Waals surface area contributed by atoms with Crippen molar-refractivity contribution in [1.29, 1.82) is 0 Å². The Labute approximate surface area is 196 Å². The van der Waals surface area contributed by atoms with Crippen molar-refractivity contribution in [2.24, 2.45) is 22.7 Å². The van der Waals surface area contributed by atoms with Crippen LogP contribution in [0.3, 0.4) is 0 Å². The van der Waals surface area contributed by atoms with E-state index >= 15 is 0 Å². The van der Waals surface area contributed by atoms with Crippen molar-refractivity contribution in [2.45, 2.75) is 89.6 Å². The predicted octanol–water partition coefficient (Wildman–Crippen LogP) is 9.68. The van der Waals surface area contributed by atoms with Gasteiger partial charge in [0.15, 0.2) is 0 Å². The summed E-state index contributed by atoms with van der Waals surface area (Å²) >= 11 is -4.38. The van der Waals surface area contributed by atoms with Crippen molar-refractivity contribution >= 4 is 22.9 Å². The Kier molecular flexibility index (Phi) is 7.57. The maximum atomic E-state index is 8.15. The van der Waals surface area contributed by atoms with Crippen LogP contribution in [-0.4, -0.2) is 5.92 Å². The summed E-state index contributed by atoms with van der Waals surface area (Å²) in [6.07, 6.45) is 9.91. The molecule has 2 aliphatic rings. The van der Waals surface area contributed by atoms with Crippen LogP contribution in [0.1, 0.15) is 69.2 Å². The number of halogens is 2. The third-order valence-electron chi connectivity index (χ3n) is 7.39. The number of hydrogen-bond donors (Lipinski definition) is 0. The first-order valence-corrected chi connectivity index (χ1v) is 28.1. The zero-order valence-corrected chi connectivity index (χ0v) is 26.6. The molecule has 0 aromatic carbocycles. The van der Waals surface area contributed by atoms with Gasteiger partial charge in [-0.15, -0.1) is 0 Å². The van der Waals surface area contributed by atoms with E-state index in [2.05, 4.69) is 107 Å². The van der Waals surface area contributed by atoms with Crippen LogP contribution in [0.15, 0.2) is 46.6 Å². The van der Waals surface area contributed by atoms with Crippen molar-refractivity contribution in [2.75, 3.05) is 0 Å². The van der Waals surface area contributed by atoms with E-state index in [0.717, 1.165) is 0 Å². The van der Waals surface area contributed by atoms with E-state index in [1.165, 1.54) is 22.3 Å². The molecule has 0 spiro atoms. The van der Waals surface area contributed by atoms with Gasteiger partial charge in [-0.25, -0.2) is 0 Å². The molecule has 2 atom stereocenters. The number of hydrogen-bond acceptors (Lipinski definition) is 0. The van der Waals surface area contributed by atoms with Gasteiger partial charge in [-0.05, 0) is 0 Å². The first kappa shape index (κ1) is 26.9. The molecule has 0 aromatic rings. The Morgan fingerprint density at radius 1 is 0.733 bits per heavy atom. The van der Waals surface area contributed by atoms with Gasteiger partial charge in [-0.3, -0.25) is 0 Å². The Morgan fingerprint density at radius 2 is 1.03 bits per heavy atom.